The minimum Gasteiger partial charge on any atom is -0.726 e. The van der Waals surface area contributed by atoms with Crippen LogP contribution in [0.3, 0.4) is 0 Å². The molecule has 0 fully saturated rings. The zero-order valence-corrected chi connectivity index (χ0v) is 18.3. The Labute approximate surface area is 166 Å². The predicted molar refractivity (Wildman–Crippen MR) is 90.5 cm³/mol. The van der Waals surface area contributed by atoms with E-state index < -0.39 is 10.4 Å². The summed E-state index contributed by atoms with van der Waals surface area (Å²) < 4.78 is 36.3. The molecule has 0 N–H and O–H groups in total. The minimum absolute atomic E-state index is 0. The van der Waals surface area contributed by atoms with Crippen molar-refractivity contribution in [2.45, 2.75) is 97.3 Å². The summed E-state index contributed by atoms with van der Waals surface area (Å²) in [7, 11) is -4.55. The van der Waals surface area contributed by atoms with Crippen molar-refractivity contribution in [3.05, 3.63) is 0 Å². The second-order valence-electron chi connectivity index (χ2n) is 6.32. The van der Waals surface area contributed by atoms with E-state index in [0.717, 1.165) is 25.7 Å². The summed E-state index contributed by atoms with van der Waals surface area (Å²) in [5, 5.41) is 0. The quantitative estimate of drug-likeness (QED) is 0.184. The maximum Gasteiger partial charge on any atom is 1.00 e. The third-order valence-electron chi connectivity index (χ3n) is 4.13. The van der Waals surface area contributed by atoms with E-state index in [1.807, 2.05) is 0 Å². The van der Waals surface area contributed by atoms with Crippen molar-refractivity contribution in [3.8, 4) is 0 Å². The molecule has 1 unspecified atom stereocenters. The van der Waals surface area contributed by atoms with E-state index in [2.05, 4.69) is 18.0 Å². The molecule has 0 aliphatic carbocycles. The summed E-state index contributed by atoms with van der Waals surface area (Å²) in [6.45, 7) is 4.46. The first-order chi connectivity index (χ1) is 10.5. The topological polar surface area (TPSA) is 66.4 Å². The second-order valence-corrected chi connectivity index (χ2v) is 7.37. The molecule has 4 nitrogen and oxygen atoms in total. The molecule has 6 heteroatoms. The average Bonchev–Trinajstić information content (AvgIpc) is 2.46. The van der Waals surface area contributed by atoms with Gasteiger partial charge in [-0.1, -0.05) is 84.5 Å². The van der Waals surface area contributed by atoms with Gasteiger partial charge < -0.3 is 4.55 Å². The van der Waals surface area contributed by atoms with Gasteiger partial charge >= 0.3 is 29.6 Å². The molecule has 0 aliphatic heterocycles. The van der Waals surface area contributed by atoms with Gasteiger partial charge in [-0.25, -0.2) is 8.42 Å². The van der Waals surface area contributed by atoms with Gasteiger partial charge in [-0.15, -0.1) is 0 Å². The Morgan fingerprint density at radius 3 is 1.57 bits per heavy atom. The third-order valence-corrected chi connectivity index (χ3v) is 4.55. The molecule has 0 amide bonds. The summed E-state index contributed by atoms with van der Waals surface area (Å²) in [6, 6.07) is 0. The van der Waals surface area contributed by atoms with Crippen molar-refractivity contribution in [1.82, 2.24) is 0 Å². The smallest absolute Gasteiger partial charge is 0.726 e. The number of hydrogen-bond acceptors (Lipinski definition) is 4. The van der Waals surface area contributed by atoms with E-state index >= 15 is 0 Å². The van der Waals surface area contributed by atoms with E-state index in [9.17, 15) is 13.0 Å². The molecule has 1 atom stereocenters. The summed E-state index contributed by atoms with van der Waals surface area (Å²) in [6.07, 6.45) is 15.3. The van der Waals surface area contributed by atoms with Gasteiger partial charge in [0.15, 0.2) is 0 Å². The molecule has 0 bridgehead atoms. The van der Waals surface area contributed by atoms with Crippen LogP contribution in [0.4, 0.5) is 0 Å². The van der Waals surface area contributed by atoms with Crippen LogP contribution in [0.25, 0.3) is 0 Å². The normalized spacial score (nSPS) is 12.8. The molecule has 0 aliphatic rings. The van der Waals surface area contributed by atoms with E-state index in [4.69, 9.17) is 0 Å². The fourth-order valence-electron chi connectivity index (χ4n) is 2.74. The second kappa shape index (κ2) is 17.7. The van der Waals surface area contributed by atoms with Crippen molar-refractivity contribution >= 4 is 10.4 Å². The molecular formula is C17H35NaO4S. The van der Waals surface area contributed by atoms with Gasteiger partial charge in [-0.05, 0) is 18.8 Å². The molecule has 0 aromatic heterocycles. The zero-order valence-electron chi connectivity index (χ0n) is 15.5. The standard InChI is InChI=1S/C17H36O4S.Na/c1-3-5-7-9-11-13-15-17(16-21-22(18,19)20)14-12-10-8-6-4-2;/h17H,3-16H2,1-2H3,(H,18,19,20);/q;+1/p-1. The molecule has 0 saturated heterocycles. The number of unbranched alkanes of at least 4 members (excludes halogenated alkanes) is 9. The van der Waals surface area contributed by atoms with Crippen LogP contribution in [-0.2, 0) is 14.6 Å². The minimum atomic E-state index is -4.55. The maximum atomic E-state index is 10.6. The largest absolute Gasteiger partial charge is 1.00 e. The van der Waals surface area contributed by atoms with Crippen molar-refractivity contribution in [1.29, 1.82) is 0 Å². The van der Waals surface area contributed by atoms with Gasteiger partial charge in [0.05, 0.1) is 6.61 Å². The summed E-state index contributed by atoms with van der Waals surface area (Å²) in [5.41, 5.74) is 0. The van der Waals surface area contributed by atoms with E-state index in [1.54, 1.807) is 0 Å². The molecule has 0 saturated carbocycles. The molecule has 0 aromatic carbocycles. The van der Waals surface area contributed by atoms with Gasteiger partial charge in [0.2, 0.25) is 10.4 Å². The Balaban J connectivity index is 0. The van der Waals surface area contributed by atoms with Crippen LogP contribution in [0.2, 0.25) is 0 Å². The fourth-order valence-corrected chi connectivity index (χ4v) is 3.10. The van der Waals surface area contributed by atoms with Gasteiger partial charge in [0.25, 0.3) is 0 Å². The van der Waals surface area contributed by atoms with Crippen LogP contribution in [0, 0.1) is 5.92 Å². The average molecular weight is 359 g/mol. The maximum absolute atomic E-state index is 10.6. The van der Waals surface area contributed by atoms with Gasteiger partial charge in [-0.3, -0.25) is 4.18 Å². The first-order valence-electron chi connectivity index (χ1n) is 9.09. The van der Waals surface area contributed by atoms with Crippen LogP contribution in [0.15, 0.2) is 0 Å². The summed E-state index contributed by atoms with van der Waals surface area (Å²) in [5.74, 6) is 0.205. The SMILES string of the molecule is CCCCCCCCC(CCCCCCC)COS(=O)(=O)[O-].[Na+]. The predicted octanol–water partition coefficient (Wildman–Crippen LogP) is 2.19. The van der Waals surface area contributed by atoms with Crippen LogP contribution in [-0.4, -0.2) is 19.6 Å². The Morgan fingerprint density at radius 2 is 1.17 bits per heavy atom. The van der Waals surface area contributed by atoms with Crippen LogP contribution < -0.4 is 29.6 Å². The Bertz CT molecular complexity index is 333. The summed E-state index contributed by atoms with van der Waals surface area (Å²) in [4.78, 5) is 0. The Morgan fingerprint density at radius 1 is 0.783 bits per heavy atom. The summed E-state index contributed by atoms with van der Waals surface area (Å²) >= 11 is 0. The van der Waals surface area contributed by atoms with Gasteiger partial charge in [0, 0.05) is 0 Å². The van der Waals surface area contributed by atoms with Gasteiger partial charge in [-0.2, -0.15) is 0 Å². The molecule has 0 spiro atoms. The van der Waals surface area contributed by atoms with Crippen molar-refractivity contribution < 1.29 is 46.7 Å². The molecule has 0 aromatic rings. The molecule has 0 rings (SSSR count). The number of rotatable bonds is 16. The monoisotopic (exact) mass is 358 g/mol. The first-order valence-corrected chi connectivity index (χ1v) is 10.4. The fraction of sp³-hybridized carbons (Fsp3) is 1.00. The molecule has 23 heavy (non-hydrogen) atoms. The van der Waals surface area contributed by atoms with Crippen LogP contribution in [0.1, 0.15) is 97.3 Å². The molecular weight excluding hydrogens is 323 g/mol. The first kappa shape index (κ1) is 26.1. The van der Waals surface area contributed by atoms with E-state index in [-0.39, 0.29) is 42.1 Å². The molecule has 134 valence electrons. The van der Waals surface area contributed by atoms with Crippen LogP contribution >= 0.6 is 0 Å². The molecule has 0 heterocycles. The Kier molecular flexibility index (Phi) is 20.1. The Hall–Kier alpha value is 0.870. The molecule has 0 radical (unpaired) electrons. The van der Waals surface area contributed by atoms with Crippen molar-refractivity contribution in [2.24, 2.45) is 5.92 Å². The van der Waals surface area contributed by atoms with E-state index in [1.165, 1.54) is 57.8 Å². The van der Waals surface area contributed by atoms with Crippen molar-refractivity contribution in [2.75, 3.05) is 6.61 Å². The van der Waals surface area contributed by atoms with Crippen LogP contribution in [0.5, 0.6) is 0 Å². The zero-order chi connectivity index (χ0) is 16.7. The number of hydrogen-bond donors (Lipinski definition) is 0. The third kappa shape index (κ3) is 20.8. The van der Waals surface area contributed by atoms with Gasteiger partial charge in [0.1, 0.15) is 0 Å². The van der Waals surface area contributed by atoms with Crippen molar-refractivity contribution in [3.63, 3.8) is 0 Å². The van der Waals surface area contributed by atoms with E-state index in [0.29, 0.717) is 0 Å².